The first kappa shape index (κ1) is 8.06. The van der Waals surface area contributed by atoms with Crippen LogP contribution in [0.3, 0.4) is 0 Å². The average Bonchev–Trinajstić information content (AvgIpc) is 1.88. The van der Waals surface area contributed by atoms with Gasteiger partial charge in [0.05, 0.1) is 6.10 Å². The second-order valence-electron chi connectivity index (χ2n) is 3.76. The molecule has 0 aromatic heterocycles. The second-order valence-corrected chi connectivity index (χ2v) is 3.76. The third kappa shape index (κ3) is 1.98. The SMILES string of the molecule is CC1CCC(C(C)O)CC1. The summed E-state index contributed by atoms with van der Waals surface area (Å²) in [5.41, 5.74) is 0. The van der Waals surface area contributed by atoms with E-state index in [1.54, 1.807) is 0 Å². The van der Waals surface area contributed by atoms with Crippen LogP contribution in [0, 0.1) is 11.8 Å². The third-order valence-corrected chi connectivity index (χ3v) is 2.74. The summed E-state index contributed by atoms with van der Waals surface area (Å²) >= 11 is 0. The molecule has 0 aromatic rings. The molecule has 60 valence electrons. The van der Waals surface area contributed by atoms with Crippen LogP contribution in [0.1, 0.15) is 39.5 Å². The summed E-state index contributed by atoms with van der Waals surface area (Å²) in [4.78, 5) is 0. The van der Waals surface area contributed by atoms with Crippen molar-refractivity contribution in [3.8, 4) is 0 Å². The van der Waals surface area contributed by atoms with E-state index in [4.69, 9.17) is 0 Å². The molecule has 1 aliphatic rings. The van der Waals surface area contributed by atoms with E-state index in [1.165, 1.54) is 25.7 Å². The highest BCUT2D eigenvalue weighted by Crippen LogP contribution is 2.29. The fraction of sp³-hybridized carbons (Fsp3) is 1.00. The standard InChI is InChI=1S/C9H18O/c1-7-3-5-9(6-4-7)8(2)10/h7-10H,3-6H2,1-2H3. The van der Waals surface area contributed by atoms with Crippen molar-refractivity contribution in [2.24, 2.45) is 11.8 Å². The Morgan fingerprint density at radius 1 is 1.20 bits per heavy atom. The topological polar surface area (TPSA) is 20.2 Å². The Labute approximate surface area is 63.4 Å². The molecule has 0 saturated heterocycles. The summed E-state index contributed by atoms with van der Waals surface area (Å²) in [6, 6.07) is 0. The van der Waals surface area contributed by atoms with Crippen molar-refractivity contribution in [1.29, 1.82) is 0 Å². The third-order valence-electron chi connectivity index (χ3n) is 2.74. The first-order valence-corrected chi connectivity index (χ1v) is 4.38. The Kier molecular flexibility index (Phi) is 2.72. The highest BCUT2D eigenvalue weighted by atomic mass is 16.3. The van der Waals surface area contributed by atoms with Gasteiger partial charge < -0.3 is 5.11 Å². The summed E-state index contributed by atoms with van der Waals surface area (Å²) in [5.74, 6) is 1.49. The lowest BCUT2D eigenvalue weighted by molar-refractivity contribution is 0.0909. The molecule has 0 bridgehead atoms. The van der Waals surface area contributed by atoms with E-state index in [-0.39, 0.29) is 6.10 Å². The molecule has 1 heteroatoms. The van der Waals surface area contributed by atoms with Crippen LogP contribution < -0.4 is 0 Å². The number of hydrogen-bond acceptors (Lipinski definition) is 1. The Morgan fingerprint density at radius 2 is 1.70 bits per heavy atom. The molecular weight excluding hydrogens is 124 g/mol. The van der Waals surface area contributed by atoms with Crippen molar-refractivity contribution < 1.29 is 5.11 Å². The fourth-order valence-corrected chi connectivity index (χ4v) is 1.77. The largest absolute Gasteiger partial charge is 0.393 e. The molecule has 0 radical (unpaired) electrons. The molecule has 1 fully saturated rings. The van der Waals surface area contributed by atoms with Gasteiger partial charge in [-0.3, -0.25) is 0 Å². The first-order chi connectivity index (χ1) is 4.70. The molecule has 1 atom stereocenters. The summed E-state index contributed by atoms with van der Waals surface area (Å²) in [5, 5.41) is 9.26. The Balaban J connectivity index is 2.26. The minimum atomic E-state index is -0.0764. The zero-order chi connectivity index (χ0) is 7.56. The molecule has 1 aliphatic carbocycles. The summed E-state index contributed by atoms with van der Waals surface area (Å²) in [6.07, 6.45) is 5.02. The molecule has 1 unspecified atom stereocenters. The van der Waals surface area contributed by atoms with Crippen molar-refractivity contribution in [2.45, 2.75) is 45.6 Å². The highest BCUT2D eigenvalue weighted by molar-refractivity contribution is 4.72. The lowest BCUT2D eigenvalue weighted by Gasteiger charge is -2.27. The lowest BCUT2D eigenvalue weighted by Crippen LogP contribution is -2.22. The van der Waals surface area contributed by atoms with E-state index < -0.39 is 0 Å². The fourth-order valence-electron chi connectivity index (χ4n) is 1.77. The van der Waals surface area contributed by atoms with Crippen LogP contribution in [0.2, 0.25) is 0 Å². The quantitative estimate of drug-likeness (QED) is 0.595. The second kappa shape index (κ2) is 3.38. The zero-order valence-electron chi connectivity index (χ0n) is 7.01. The van der Waals surface area contributed by atoms with E-state index >= 15 is 0 Å². The van der Waals surface area contributed by atoms with Gasteiger partial charge in [-0.05, 0) is 31.6 Å². The molecule has 0 heterocycles. The summed E-state index contributed by atoms with van der Waals surface area (Å²) < 4.78 is 0. The molecule has 0 aliphatic heterocycles. The highest BCUT2D eigenvalue weighted by Gasteiger charge is 2.21. The smallest absolute Gasteiger partial charge is 0.0540 e. The van der Waals surface area contributed by atoms with E-state index in [2.05, 4.69) is 6.92 Å². The number of hydrogen-bond donors (Lipinski definition) is 1. The molecule has 1 rings (SSSR count). The van der Waals surface area contributed by atoms with Crippen molar-refractivity contribution in [2.75, 3.05) is 0 Å². The van der Waals surface area contributed by atoms with Gasteiger partial charge in [0.15, 0.2) is 0 Å². The van der Waals surface area contributed by atoms with Gasteiger partial charge in [0.2, 0.25) is 0 Å². The average molecular weight is 142 g/mol. The minimum Gasteiger partial charge on any atom is -0.393 e. The first-order valence-electron chi connectivity index (χ1n) is 4.38. The van der Waals surface area contributed by atoms with Gasteiger partial charge in [0, 0.05) is 0 Å². The van der Waals surface area contributed by atoms with Crippen molar-refractivity contribution in [1.82, 2.24) is 0 Å². The minimum absolute atomic E-state index is 0.0764. The van der Waals surface area contributed by atoms with Gasteiger partial charge in [-0.1, -0.05) is 19.8 Å². The van der Waals surface area contributed by atoms with Crippen LogP contribution in [0.25, 0.3) is 0 Å². The molecule has 10 heavy (non-hydrogen) atoms. The maximum atomic E-state index is 9.26. The molecule has 0 amide bonds. The number of aliphatic hydroxyl groups is 1. The predicted octanol–water partition coefficient (Wildman–Crippen LogP) is 2.19. The molecular formula is C9H18O. The molecule has 1 saturated carbocycles. The monoisotopic (exact) mass is 142 g/mol. The van der Waals surface area contributed by atoms with Crippen LogP contribution in [-0.4, -0.2) is 11.2 Å². The Morgan fingerprint density at radius 3 is 2.10 bits per heavy atom. The Hall–Kier alpha value is -0.0400. The van der Waals surface area contributed by atoms with Crippen LogP contribution in [-0.2, 0) is 0 Å². The van der Waals surface area contributed by atoms with Gasteiger partial charge in [0.1, 0.15) is 0 Å². The van der Waals surface area contributed by atoms with Gasteiger partial charge in [-0.25, -0.2) is 0 Å². The van der Waals surface area contributed by atoms with Crippen molar-refractivity contribution >= 4 is 0 Å². The van der Waals surface area contributed by atoms with Crippen LogP contribution in [0.5, 0.6) is 0 Å². The molecule has 1 nitrogen and oxygen atoms in total. The van der Waals surface area contributed by atoms with Crippen molar-refractivity contribution in [3.63, 3.8) is 0 Å². The van der Waals surface area contributed by atoms with Gasteiger partial charge in [0.25, 0.3) is 0 Å². The lowest BCUT2D eigenvalue weighted by atomic mass is 9.81. The molecule has 0 spiro atoms. The van der Waals surface area contributed by atoms with E-state index in [0.29, 0.717) is 5.92 Å². The van der Waals surface area contributed by atoms with Gasteiger partial charge in [-0.2, -0.15) is 0 Å². The number of aliphatic hydroxyl groups excluding tert-OH is 1. The predicted molar refractivity (Wildman–Crippen MR) is 42.8 cm³/mol. The van der Waals surface area contributed by atoms with Crippen LogP contribution >= 0.6 is 0 Å². The van der Waals surface area contributed by atoms with Crippen LogP contribution in [0.4, 0.5) is 0 Å². The van der Waals surface area contributed by atoms with Gasteiger partial charge in [-0.15, -0.1) is 0 Å². The normalized spacial score (nSPS) is 37.5. The Bertz CT molecular complexity index is 90.9. The van der Waals surface area contributed by atoms with E-state index in [1.807, 2.05) is 6.92 Å². The van der Waals surface area contributed by atoms with Crippen molar-refractivity contribution in [3.05, 3.63) is 0 Å². The van der Waals surface area contributed by atoms with Crippen LogP contribution in [0.15, 0.2) is 0 Å². The summed E-state index contributed by atoms with van der Waals surface area (Å²) in [6.45, 7) is 4.22. The van der Waals surface area contributed by atoms with E-state index in [9.17, 15) is 5.11 Å². The molecule has 0 aromatic carbocycles. The zero-order valence-corrected chi connectivity index (χ0v) is 7.01. The van der Waals surface area contributed by atoms with Gasteiger partial charge >= 0.3 is 0 Å². The number of rotatable bonds is 1. The maximum Gasteiger partial charge on any atom is 0.0540 e. The molecule has 1 N–H and O–H groups in total. The van der Waals surface area contributed by atoms with E-state index in [0.717, 1.165) is 5.92 Å². The summed E-state index contributed by atoms with van der Waals surface area (Å²) in [7, 11) is 0. The maximum absolute atomic E-state index is 9.26.